The van der Waals surface area contributed by atoms with Gasteiger partial charge in [-0.05, 0) is 18.9 Å². The second-order valence-corrected chi connectivity index (χ2v) is 4.43. The van der Waals surface area contributed by atoms with E-state index in [1.807, 2.05) is 0 Å². The van der Waals surface area contributed by atoms with Crippen molar-refractivity contribution >= 4 is 11.9 Å². The van der Waals surface area contributed by atoms with Crippen molar-refractivity contribution in [2.75, 3.05) is 20.2 Å². The Bertz CT molecular complexity index is 447. The summed E-state index contributed by atoms with van der Waals surface area (Å²) in [6.45, 7) is 1.17. The highest BCUT2D eigenvalue weighted by molar-refractivity contribution is 5.92. The van der Waals surface area contributed by atoms with Gasteiger partial charge in [-0.1, -0.05) is 0 Å². The molecule has 98 valence electrons. The van der Waals surface area contributed by atoms with Gasteiger partial charge in [0.15, 0.2) is 0 Å². The number of rotatable bonds is 2. The molecule has 0 N–H and O–H groups in total. The molecule has 1 aliphatic rings. The van der Waals surface area contributed by atoms with Crippen molar-refractivity contribution in [3.63, 3.8) is 0 Å². The lowest BCUT2D eigenvalue weighted by Crippen LogP contribution is -2.41. The number of hydrogen-bond donors (Lipinski definition) is 0. The van der Waals surface area contributed by atoms with Gasteiger partial charge in [0, 0.05) is 26.3 Å². The topological polar surface area (TPSA) is 64.4 Å². The third-order valence-corrected chi connectivity index (χ3v) is 3.36. The summed E-state index contributed by atoms with van der Waals surface area (Å²) in [5.74, 6) is -0.286. The number of likely N-dealkylation sites (tertiary alicyclic amines) is 1. The molecule has 0 saturated carbocycles. The molecule has 0 aromatic carbocycles. The van der Waals surface area contributed by atoms with Gasteiger partial charge in [-0.3, -0.25) is 14.3 Å². The number of nitrogens with zero attached hydrogens (tertiary/aromatic N) is 3. The standard InChI is InChI=1S/C12H17N3O3/c1-14-10(3-6-13-14)11(16)15-7-4-9(5-8-15)12(17)18-2/h3,6,9H,4-5,7-8H2,1-2H3. The molecule has 1 amide bonds. The number of aromatic nitrogens is 2. The third-order valence-electron chi connectivity index (χ3n) is 3.36. The summed E-state index contributed by atoms with van der Waals surface area (Å²) >= 11 is 0. The van der Waals surface area contributed by atoms with Gasteiger partial charge < -0.3 is 9.64 Å². The summed E-state index contributed by atoms with van der Waals surface area (Å²) in [5, 5.41) is 3.98. The fourth-order valence-electron chi connectivity index (χ4n) is 2.23. The van der Waals surface area contributed by atoms with Crippen LogP contribution >= 0.6 is 0 Å². The lowest BCUT2D eigenvalue weighted by molar-refractivity contribution is -0.146. The van der Waals surface area contributed by atoms with E-state index in [0.717, 1.165) is 0 Å². The van der Waals surface area contributed by atoms with Gasteiger partial charge in [0.25, 0.3) is 5.91 Å². The minimum absolute atomic E-state index is 0.0293. The Morgan fingerprint density at radius 3 is 2.56 bits per heavy atom. The summed E-state index contributed by atoms with van der Waals surface area (Å²) in [4.78, 5) is 25.3. The largest absolute Gasteiger partial charge is 0.469 e. The molecule has 0 bridgehead atoms. The SMILES string of the molecule is COC(=O)C1CCN(C(=O)c2ccnn2C)CC1. The van der Waals surface area contributed by atoms with E-state index >= 15 is 0 Å². The van der Waals surface area contributed by atoms with Gasteiger partial charge in [-0.2, -0.15) is 5.10 Å². The van der Waals surface area contributed by atoms with E-state index < -0.39 is 0 Å². The number of esters is 1. The van der Waals surface area contributed by atoms with Crippen molar-refractivity contribution in [2.45, 2.75) is 12.8 Å². The van der Waals surface area contributed by atoms with Gasteiger partial charge in [0.1, 0.15) is 5.69 Å². The van der Waals surface area contributed by atoms with E-state index in [9.17, 15) is 9.59 Å². The fraction of sp³-hybridized carbons (Fsp3) is 0.583. The van der Waals surface area contributed by atoms with Crippen LogP contribution in [0.2, 0.25) is 0 Å². The van der Waals surface area contributed by atoms with Gasteiger partial charge in [-0.15, -0.1) is 0 Å². The lowest BCUT2D eigenvalue weighted by atomic mass is 9.97. The molecule has 2 rings (SSSR count). The van der Waals surface area contributed by atoms with E-state index in [0.29, 0.717) is 31.6 Å². The average Bonchev–Trinajstić information content (AvgIpc) is 2.83. The smallest absolute Gasteiger partial charge is 0.308 e. The van der Waals surface area contributed by atoms with Crippen molar-refractivity contribution in [1.29, 1.82) is 0 Å². The molecule has 2 heterocycles. The number of aryl methyl sites for hydroxylation is 1. The summed E-state index contributed by atoms with van der Waals surface area (Å²) < 4.78 is 6.28. The normalized spacial score (nSPS) is 16.7. The first-order valence-corrected chi connectivity index (χ1v) is 5.98. The van der Waals surface area contributed by atoms with Crippen molar-refractivity contribution in [2.24, 2.45) is 13.0 Å². The summed E-state index contributed by atoms with van der Waals surface area (Å²) in [7, 11) is 3.14. The van der Waals surface area contributed by atoms with Crippen molar-refractivity contribution < 1.29 is 14.3 Å². The van der Waals surface area contributed by atoms with Crippen LogP contribution < -0.4 is 0 Å². The molecule has 1 aromatic rings. The Kier molecular flexibility index (Phi) is 3.64. The van der Waals surface area contributed by atoms with Gasteiger partial charge in [0.05, 0.1) is 13.0 Å². The van der Waals surface area contributed by atoms with Crippen LogP contribution in [0.25, 0.3) is 0 Å². The first-order valence-electron chi connectivity index (χ1n) is 5.98. The van der Waals surface area contributed by atoms with Gasteiger partial charge >= 0.3 is 5.97 Å². The first-order chi connectivity index (χ1) is 8.63. The average molecular weight is 251 g/mol. The monoisotopic (exact) mass is 251 g/mol. The maximum atomic E-state index is 12.2. The summed E-state index contributed by atoms with van der Waals surface area (Å²) in [6, 6.07) is 1.70. The predicted molar refractivity (Wildman–Crippen MR) is 63.9 cm³/mol. The molecule has 18 heavy (non-hydrogen) atoms. The van der Waals surface area contributed by atoms with Crippen molar-refractivity contribution in [1.82, 2.24) is 14.7 Å². The van der Waals surface area contributed by atoms with Crippen LogP contribution in [0, 0.1) is 5.92 Å². The predicted octanol–water partition coefficient (Wildman–Crippen LogP) is 0.445. The number of amides is 1. The van der Waals surface area contributed by atoms with Crippen molar-refractivity contribution in [3.05, 3.63) is 18.0 Å². The van der Waals surface area contributed by atoms with Crippen LogP contribution in [0.4, 0.5) is 0 Å². The Hall–Kier alpha value is -1.85. The first kappa shape index (κ1) is 12.6. The van der Waals surface area contributed by atoms with Crippen LogP contribution in [0.3, 0.4) is 0 Å². The van der Waals surface area contributed by atoms with Crippen LogP contribution in [0.5, 0.6) is 0 Å². The van der Waals surface area contributed by atoms with Crippen LogP contribution in [0.15, 0.2) is 12.3 Å². The molecular weight excluding hydrogens is 234 g/mol. The minimum atomic E-state index is -0.178. The molecule has 0 atom stereocenters. The van der Waals surface area contributed by atoms with Gasteiger partial charge in [-0.25, -0.2) is 0 Å². The Balaban J connectivity index is 1.96. The Morgan fingerprint density at radius 2 is 2.06 bits per heavy atom. The number of carbonyl (C=O) groups excluding carboxylic acids is 2. The number of methoxy groups -OCH3 is 1. The van der Waals surface area contributed by atoms with Crippen molar-refractivity contribution in [3.8, 4) is 0 Å². The zero-order valence-electron chi connectivity index (χ0n) is 10.6. The maximum absolute atomic E-state index is 12.2. The summed E-state index contributed by atoms with van der Waals surface area (Å²) in [5.41, 5.74) is 0.575. The molecule has 1 saturated heterocycles. The summed E-state index contributed by atoms with van der Waals surface area (Å²) in [6.07, 6.45) is 2.93. The van der Waals surface area contributed by atoms with Gasteiger partial charge in [0.2, 0.25) is 0 Å². The van der Waals surface area contributed by atoms with E-state index in [1.54, 1.807) is 28.9 Å². The van der Waals surface area contributed by atoms with E-state index in [-0.39, 0.29) is 17.8 Å². The number of piperidine rings is 1. The maximum Gasteiger partial charge on any atom is 0.308 e. The number of carbonyl (C=O) groups is 2. The number of hydrogen-bond acceptors (Lipinski definition) is 4. The molecular formula is C12H17N3O3. The molecule has 6 heteroatoms. The second-order valence-electron chi connectivity index (χ2n) is 4.43. The zero-order valence-corrected chi connectivity index (χ0v) is 10.6. The van der Waals surface area contributed by atoms with Crippen LogP contribution in [0.1, 0.15) is 23.3 Å². The fourth-order valence-corrected chi connectivity index (χ4v) is 2.23. The Morgan fingerprint density at radius 1 is 1.39 bits per heavy atom. The molecule has 1 fully saturated rings. The molecule has 0 radical (unpaired) electrons. The molecule has 0 unspecified atom stereocenters. The zero-order chi connectivity index (χ0) is 13.1. The van der Waals surface area contributed by atoms with E-state index in [1.165, 1.54) is 7.11 Å². The lowest BCUT2D eigenvalue weighted by Gasteiger charge is -2.30. The Labute approximate surface area is 106 Å². The molecule has 1 aliphatic heterocycles. The molecule has 0 aliphatic carbocycles. The highest BCUT2D eigenvalue weighted by Gasteiger charge is 2.29. The van der Waals surface area contributed by atoms with Crippen LogP contribution in [-0.4, -0.2) is 46.8 Å². The minimum Gasteiger partial charge on any atom is -0.469 e. The van der Waals surface area contributed by atoms with E-state index in [4.69, 9.17) is 4.74 Å². The highest BCUT2D eigenvalue weighted by Crippen LogP contribution is 2.19. The third kappa shape index (κ3) is 2.37. The molecule has 6 nitrogen and oxygen atoms in total. The highest BCUT2D eigenvalue weighted by atomic mass is 16.5. The quantitative estimate of drug-likeness (QED) is 0.716. The van der Waals surface area contributed by atoms with Crippen LogP contribution in [-0.2, 0) is 16.6 Å². The second kappa shape index (κ2) is 5.20. The molecule has 1 aromatic heterocycles. The molecule has 0 spiro atoms. The van der Waals surface area contributed by atoms with E-state index in [2.05, 4.69) is 5.10 Å². The number of ether oxygens (including phenoxy) is 1.